The van der Waals surface area contributed by atoms with Gasteiger partial charge in [0.25, 0.3) is 0 Å². The van der Waals surface area contributed by atoms with Gasteiger partial charge in [-0.25, -0.2) is 9.97 Å². The molecule has 0 atom stereocenters. The zero-order chi connectivity index (χ0) is 17.2. The van der Waals surface area contributed by atoms with Gasteiger partial charge in [-0.05, 0) is 29.8 Å². The first-order chi connectivity index (χ1) is 12.2. The van der Waals surface area contributed by atoms with Crippen molar-refractivity contribution in [2.24, 2.45) is 7.05 Å². The Balaban J connectivity index is 1.71. The number of aromatic nitrogens is 3. The van der Waals surface area contributed by atoms with Gasteiger partial charge in [0, 0.05) is 41.6 Å². The zero-order valence-corrected chi connectivity index (χ0v) is 13.8. The maximum absolute atomic E-state index is 9.26. The van der Waals surface area contributed by atoms with Gasteiger partial charge in [0.2, 0.25) is 5.95 Å². The Hall–Kier alpha value is -3.18. The van der Waals surface area contributed by atoms with Crippen molar-refractivity contribution in [1.82, 2.24) is 14.5 Å². The smallest absolute Gasteiger partial charge is 0.227 e. The summed E-state index contributed by atoms with van der Waals surface area (Å²) < 4.78 is 2.10. The van der Waals surface area contributed by atoms with Crippen molar-refractivity contribution < 1.29 is 5.11 Å². The van der Waals surface area contributed by atoms with Crippen LogP contribution in [0.3, 0.4) is 0 Å². The van der Waals surface area contributed by atoms with Crippen LogP contribution in [0, 0.1) is 0 Å². The van der Waals surface area contributed by atoms with Crippen molar-refractivity contribution in [2.75, 3.05) is 5.32 Å². The largest absolute Gasteiger partial charge is 0.392 e. The summed E-state index contributed by atoms with van der Waals surface area (Å²) in [5.74, 6) is 0.528. The van der Waals surface area contributed by atoms with Gasteiger partial charge in [0.15, 0.2) is 0 Å². The van der Waals surface area contributed by atoms with Crippen LogP contribution < -0.4 is 5.32 Å². The van der Waals surface area contributed by atoms with E-state index < -0.39 is 0 Å². The molecule has 0 aliphatic heterocycles. The standard InChI is InChI=1S/C20H18N4O/c1-24-12-17(16-7-2-3-8-19(16)24)18-9-10-21-20(23-18)22-15-6-4-5-14(11-15)13-25/h2-12,25H,13H2,1H3,(H,21,22,23). The number of rotatable bonds is 4. The molecule has 0 aliphatic carbocycles. The number of aryl methyl sites for hydroxylation is 1. The molecular weight excluding hydrogens is 312 g/mol. The number of nitrogens with one attached hydrogen (secondary N) is 1. The number of hydrogen-bond donors (Lipinski definition) is 2. The molecule has 2 aromatic carbocycles. The summed E-state index contributed by atoms with van der Waals surface area (Å²) in [7, 11) is 2.03. The molecule has 0 saturated carbocycles. The van der Waals surface area contributed by atoms with Crippen LogP contribution in [-0.4, -0.2) is 19.6 Å². The summed E-state index contributed by atoms with van der Waals surface area (Å²) in [4.78, 5) is 8.97. The summed E-state index contributed by atoms with van der Waals surface area (Å²) in [6.07, 6.45) is 3.84. The predicted molar refractivity (Wildman–Crippen MR) is 99.6 cm³/mol. The number of benzene rings is 2. The number of aliphatic hydroxyl groups is 1. The molecule has 4 aromatic rings. The highest BCUT2D eigenvalue weighted by molar-refractivity contribution is 5.95. The number of para-hydroxylation sites is 1. The first-order valence-corrected chi connectivity index (χ1v) is 8.09. The molecule has 5 heteroatoms. The second-order valence-electron chi connectivity index (χ2n) is 5.92. The van der Waals surface area contributed by atoms with E-state index >= 15 is 0 Å². The van der Waals surface area contributed by atoms with E-state index in [9.17, 15) is 5.11 Å². The Labute approximate surface area is 145 Å². The van der Waals surface area contributed by atoms with Crippen LogP contribution in [0.15, 0.2) is 67.0 Å². The third kappa shape index (κ3) is 2.97. The summed E-state index contributed by atoms with van der Waals surface area (Å²) in [5, 5.41) is 13.6. The topological polar surface area (TPSA) is 63.0 Å². The maximum Gasteiger partial charge on any atom is 0.227 e. The van der Waals surface area contributed by atoms with Crippen LogP contribution in [0.25, 0.3) is 22.2 Å². The molecule has 0 bridgehead atoms. The molecule has 25 heavy (non-hydrogen) atoms. The Morgan fingerprint density at radius 3 is 2.84 bits per heavy atom. The lowest BCUT2D eigenvalue weighted by Crippen LogP contribution is -1.98. The third-order valence-corrected chi connectivity index (χ3v) is 4.19. The van der Waals surface area contributed by atoms with Gasteiger partial charge in [0.05, 0.1) is 12.3 Å². The Morgan fingerprint density at radius 2 is 1.96 bits per heavy atom. The highest BCUT2D eigenvalue weighted by Crippen LogP contribution is 2.29. The molecular formula is C20H18N4O. The van der Waals surface area contributed by atoms with Crippen LogP contribution in [-0.2, 0) is 13.7 Å². The van der Waals surface area contributed by atoms with Crippen molar-refractivity contribution in [3.63, 3.8) is 0 Å². The lowest BCUT2D eigenvalue weighted by Gasteiger charge is -2.07. The average Bonchev–Trinajstić information content (AvgIpc) is 2.99. The fraction of sp³-hybridized carbons (Fsp3) is 0.100. The molecule has 0 fully saturated rings. The van der Waals surface area contributed by atoms with Crippen LogP contribution in [0.5, 0.6) is 0 Å². The first-order valence-electron chi connectivity index (χ1n) is 8.09. The van der Waals surface area contributed by atoms with Crippen molar-refractivity contribution in [2.45, 2.75) is 6.61 Å². The van der Waals surface area contributed by atoms with E-state index in [4.69, 9.17) is 0 Å². The van der Waals surface area contributed by atoms with E-state index in [1.165, 1.54) is 5.52 Å². The SMILES string of the molecule is Cn1cc(-c2ccnc(Nc3cccc(CO)c3)n2)c2ccccc21. The summed E-state index contributed by atoms with van der Waals surface area (Å²) in [6.45, 7) is 0.00637. The quantitative estimate of drug-likeness (QED) is 0.596. The Kier molecular flexibility index (Phi) is 3.91. The minimum atomic E-state index is 0.00637. The van der Waals surface area contributed by atoms with E-state index in [0.717, 1.165) is 27.9 Å². The van der Waals surface area contributed by atoms with E-state index in [-0.39, 0.29) is 6.61 Å². The number of hydrogen-bond acceptors (Lipinski definition) is 4. The molecule has 4 rings (SSSR count). The number of nitrogens with zero attached hydrogens (tertiary/aromatic N) is 3. The highest BCUT2D eigenvalue weighted by Gasteiger charge is 2.10. The molecule has 124 valence electrons. The highest BCUT2D eigenvalue weighted by atomic mass is 16.3. The van der Waals surface area contributed by atoms with Crippen LogP contribution in [0.1, 0.15) is 5.56 Å². The second-order valence-corrected chi connectivity index (χ2v) is 5.92. The zero-order valence-electron chi connectivity index (χ0n) is 13.8. The van der Waals surface area contributed by atoms with Gasteiger partial charge in [0.1, 0.15) is 0 Å². The minimum Gasteiger partial charge on any atom is -0.392 e. The van der Waals surface area contributed by atoms with E-state index in [1.807, 2.05) is 49.5 Å². The monoisotopic (exact) mass is 330 g/mol. The van der Waals surface area contributed by atoms with Crippen molar-refractivity contribution in [3.8, 4) is 11.3 Å². The molecule has 2 aromatic heterocycles. The summed E-state index contributed by atoms with van der Waals surface area (Å²) in [5.41, 5.74) is 4.80. The van der Waals surface area contributed by atoms with Crippen LogP contribution >= 0.6 is 0 Å². The van der Waals surface area contributed by atoms with Gasteiger partial charge in [-0.1, -0.05) is 30.3 Å². The normalized spacial score (nSPS) is 11.0. The molecule has 0 radical (unpaired) electrons. The van der Waals surface area contributed by atoms with E-state index in [2.05, 4.69) is 38.2 Å². The number of anilines is 2. The lowest BCUT2D eigenvalue weighted by molar-refractivity contribution is 0.282. The molecule has 0 unspecified atom stereocenters. The fourth-order valence-corrected chi connectivity index (χ4v) is 2.99. The summed E-state index contributed by atoms with van der Waals surface area (Å²) >= 11 is 0. The van der Waals surface area contributed by atoms with Gasteiger partial charge in [-0.15, -0.1) is 0 Å². The number of fused-ring (bicyclic) bond motifs is 1. The molecule has 5 nitrogen and oxygen atoms in total. The van der Waals surface area contributed by atoms with E-state index in [1.54, 1.807) is 6.20 Å². The molecule has 0 saturated heterocycles. The van der Waals surface area contributed by atoms with Gasteiger partial charge < -0.3 is 15.0 Å². The lowest BCUT2D eigenvalue weighted by atomic mass is 10.1. The van der Waals surface area contributed by atoms with Crippen molar-refractivity contribution in [3.05, 3.63) is 72.6 Å². The van der Waals surface area contributed by atoms with Crippen molar-refractivity contribution in [1.29, 1.82) is 0 Å². The van der Waals surface area contributed by atoms with E-state index in [0.29, 0.717) is 5.95 Å². The first kappa shape index (κ1) is 15.4. The second kappa shape index (κ2) is 6.37. The summed E-state index contributed by atoms with van der Waals surface area (Å²) in [6, 6.07) is 17.8. The number of aliphatic hydroxyl groups excluding tert-OH is 1. The predicted octanol–water partition coefficient (Wildman–Crippen LogP) is 3.87. The minimum absolute atomic E-state index is 0.00637. The fourth-order valence-electron chi connectivity index (χ4n) is 2.99. The third-order valence-electron chi connectivity index (χ3n) is 4.19. The van der Waals surface area contributed by atoms with Crippen LogP contribution in [0.2, 0.25) is 0 Å². The van der Waals surface area contributed by atoms with Gasteiger partial charge in [-0.3, -0.25) is 0 Å². The van der Waals surface area contributed by atoms with Crippen LogP contribution in [0.4, 0.5) is 11.6 Å². The maximum atomic E-state index is 9.26. The Bertz CT molecular complexity index is 1040. The van der Waals surface area contributed by atoms with Crippen molar-refractivity contribution >= 4 is 22.5 Å². The van der Waals surface area contributed by atoms with Gasteiger partial charge >= 0.3 is 0 Å². The Morgan fingerprint density at radius 1 is 1.08 bits per heavy atom. The molecule has 0 amide bonds. The average molecular weight is 330 g/mol. The molecule has 2 heterocycles. The molecule has 0 spiro atoms. The molecule has 0 aliphatic rings. The molecule has 2 N–H and O–H groups in total. The van der Waals surface area contributed by atoms with Gasteiger partial charge in [-0.2, -0.15) is 0 Å².